The zero-order valence-electron chi connectivity index (χ0n) is 28.4. The molecule has 2 aliphatic heterocycles. The van der Waals surface area contributed by atoms with Gasteiger partial charge in [-0.05, 0) is 76.0 Å². The van der Waals surface area contributed by atoms with Crippen molar-refractivity contribution in [2.24, 2.45) is 0 Å². The van der Waals surface area contributed by atoms with E-state index in [-0.39, 0.29) is 6.09 Å². The number of benzene rings is 2. The lowest BCUT2D eigenvalue weighted by molar-refractivity contribution is 0.0240. The summed E-state index contributed by atoms with van der Waals surface area (Å²) in [6.45, 7) is 11.0. The van der Waals surface area contributed by atoms with E-state index in [0.29, 0.717) is 32.1 Å². The van der Waals surface area contributed by atoms with E-state index in [2.05, 4.69) is 72.5 Å². The largest absolute Gasteiger partial charge is 0.444 e. The van der Waals surface area contributed by atoms with Crippen molar-refractivity contribution in [2.75, 3.05) is 44.2 Å². The minimum absolute atomic E-state index is 0.270. The van der Waals surface area contributed by atoms with Crippen LogP contribution in [-0.2, 0) is 11.3 Å². The number of nitrogens with zero attached hydrogens (tertiary/aromatic N) is 8. The number of aromatic nitrogens is 6. The fraction of sp³-hybridized carbons (Fsp3) is 0.368. The van der Waals surface area contributed by atoms with Gasteiger partial charge < -0.3 is 14.5 Å². The third kappa shape index (κ3) is 7.78. The number of amides is 1. The van der Waals surface area contributed by atoms with E-state index in [1.165, 1.54) is 5.56 Å². The summed E-state index contributed by atoms with van der Waals surface area (Å²) in [4.78, 5) is 28.2. The lowest BCUT2D eigenvalue weighted by Gasteiger charge is -2.36. The summed E-state index contributed by atoms with van der Waals surface area (Å²) in [6.07, 6.45) is 3.55. The van der Waals surface area contributed by atoms with Crippen molar-refractivity contribution in [3.63, 3.8) is 0 Å². The Morgan fingerprint density at radius 3 is 2.29 bits per heavy atom. The number of carbonyl (C=O) groups is 1. The van der Waals surface area contributed by atoms with E-state index in [9.17, 15) is 4.79 Å². The van der Waals surface area contributed by atoms with Crippen molar-refractivity contribution in [1.29, 1.82) is 0 Å². The summed E-state index contributed by atoms with van der Waals surface area (Å²) >= 11 is 0. The van der Waals surface area contributed by atoms with Crippen molar-refractivity contribution in [2.45, 2.75) is 51.7 Å². The van der Waals surface area contributed by atoms with E-state index >= 15 is 0 Å². The van der Waals surface area contributed by atoms with Gasteiger partial charge in [0.1, 0.15) is 17.0 Å². The van der Waals surface area contributed by atoms with Gasteiger partial charge in [-0.2, -0.15) is 5.10 Å². The number of likely N-dealkylation sites (tertiary alicyclic amines) is 1. The maximum absolute atomic E-state index is 12.6. The third-order valence-electron chi connectivity index (χ3n) is 9.12. The number of rotatable bonds is 7. The van der Waals surface area contributed by atoms with Crippen LogP contribution < -0.4 is 4.90 Å². The molecule has 2 aliphatic rings. The molecule has 0 unspecified atom stereocenters. The minimum Gasteiger partial charge on any atom is -0.444 e. The van der Waals surface area contributed by atoms with Gasteiger partial charge in [-0.25, -0.2) is 9.78 Å². The molecule has 7 rings (SSSR count). The summed E-state index contributed by atoms with van der Waals surface area (Å²) in [5.74, 6) is 2.77. The van der Waals surface area contributed by atoms with Crippen molar-refractivity contribution in [1.82, 2.24) is 40.2 Å². The standard InChI is InChI=1S/C38H43N9O2/c1-38(2,3)49-37(48)47-23-21-46(22-24-47)33-25-31(28-9-5-4-6-10-28)34(42-41-33)29-14-12-27(13-15-29)26-45-19-16-30(17-20-45)35-40-36(44-43-35)32-11-7-8-18-39-32/h4-15,18,25,30H,16-17,19-24,26H2,1-3H3,(H,40,43,44). The van der Waals surface area contributed by atoms with Gasteiger partial charge in [0.15, 0.2) is 17.5 Å². The van der Waals surface area contributed by atoms with Crippen molar-refractivity contribution in [3.05, 3.63) is 96.4 Å². The Kier molecular flexibility index (Phi) is 9.34. The van der Waals surface area contributed by atoms with Crippen molar-refractivity contribution >= 4 is 11.9 Å². The highest BCUT2D eigenvalue weighted by molar-refractivity contribution is 5.82. The molecule has 0 spiro atoms. The first kappa shape index (κ1) is 32.4. The average molecular weight is 658 g/mol. The number of pyridine rings is 1. The van der Waals surface area contributed by atoms with Gasteiger partial charge in [0, 0.05) is 56.0 Å². The normalized spacial score (nSPS) is 16.1. The number of hydrogen-bond donors (Lipinski definition) is 1. The van der Waals surface area contributed by atoms with E-state index in [4.69, 9.17) is 14.8 Å². The number of H-pyrrole nitrogens is 1. The van der Waals surface area contributed by atoms with Gasteiger partial charge in [0.25, 0.3) is 0 Å². The summed E-state index contributed by atoms with van der Waals surface area (Å²) in [5, 5.41) is 17.0. The Morgan fingerprint density at radius 2 is 1.59 bits per heavy atom. The maximum Gasteiger partial charge on any atom is 0.410 e. The van der Waals surface area contributed by atoms with Gasteiger partial charge in [0.2, 0.25) is 0 Å². The fourth-order valence-electron chi connectivity index (χ4n) is 6.48. The zero-order chi connectivity index (χ0) is 33.8. The molecule has 11 nitrogen and oxygen atoms in total. The predicted molar refractivity (Wildman–Crippen MR) is 190 cm³/mol. The molecule has 0 saturated carbocycles. The van der Waals surface area contributed by atoms with Crippen LogP contribution in [0.1, 0.15) is 50.9 Å². The molecule has 5 aromatic rings. The molecule has 0 bridgehead atoms. The quantitative estimate of drug-likeness (QED) is 0.211. The van der Waals surface area contributed by atoms with Gasteiger partial charge >= 0.3 is 6.09 Å². The molecular weight excluding hydrogens is 614 g/mol. The van der Waals surface area contributed by atoms with Crippen molar-refractivity contribution < 1.29 is 9.53 Å². The average Bonchev–Trinajstić information content (AvgIpc) is 3.63. The molecule has 2 aromatic carbocycles. The number of piperidine rings is 1. The first-order chi connectivity index (χ1) is 23.8. The molecule has 0 atom stereocenters. The van der Waals surface area contributed by atoms with Crippen molar-refractivity contribution in [3.8, 4) is 33.9 Å². The minimum atomic E-state index is -0.513. The Balaban J connectivity index is 0.999. The van der Waals surface area contributed by atoms with Gasteiger partial charge in [-0.1, -0.05) is 60.7 Å². The van der Waals surface area contributed by atoms with E-state index in [0.717, 1.165) is 78.0 Å². The lowest BCUT2D eigenvalue weighted by atomic mass is 9.95. The number of piperazine rings is 1. The highest BCUT2D eigenvalue weighted by Crippen LogP contribution is 2.33. The summed E-state index contributed by atoms with van der Waals surface area (Å²) in [6, 6.07) is 27.0. The molecular formula is C38H43N9O2. The number of hydrogen-bond acceptors (Lipinski definition) is 9. The van der Waals surface area contributed by atoms with E-state index in [1.54, 1.807) is 11.1 Å². The Morgan fingerprint density at radius 1 is 0.857 bits per heavy atom. The van der Waals surface area contributed by atoms with Crippen LogP contribution >= 0.6 is 0 Å². The van der Waals surface area contributed by atoms with E-state index in [1.807, 2.05) is 57.2 Å². The van der Waals surface area contributed by atoms with Crippen LogP contribution in [-0.4, -0.2) is 91.1 Å². The van der Waals surface area contributed by atoms with Crippen LogP contribution in [0, 0.1) is 0 Å². The van der Waals surface area contributed by atoms with Crippen LogP contribution in [0.3, 0.4) is 0 Å². The number of ether oxygens (including phenoxy) is 1. The second kappa shape index (κ2) is 14.1. The zero-order valence-corrected chi connectivity index (χ0v) is 28.4. The molecule has 2 saturated heterocycles. The number of nitrogens with one attached hydrogen (secondary N) is 1. The molecule has 252 valence electrons. The predicted octanol–water partition coefficient (Wildman–Crippen LogP) is 6.43. The maximum atomic E-state index is 12.6. The van der Waals surface area contributed by atoms with E-state index < -0.39 is 5.60 Å². The highest BCUT2D eigenvalue weighted by atomic mass is 16.6. The molecule has 1 amide bonds. The van der Waals surface area contributed by atoms with Crippen LogP contribution in [0.2, 0.25) is 0 Å². The molecule has 11 heteroatoms. The topological polar surface area (TPSA) is 116 Å². The van der Waals surface area contributed by atoms with Crippen LogP contribution in [0.4, 0.5) is 10.6 Å². The third-order valence-corrected chi connectivity index (χ3v) is 9.12. The molecule has 0 aliphatic carbocycles. The second-order valence-corrected chi connectivity index (χ2v) is 13.8. The molecule has 2 fully saturated rings. The Bertz CT molecular complexity index is 1840. The second-order valence-electron chi connectivity index (χ2n) is 13.8. The molecule has 5 heterocycles. The van der Waals surface area contributed by atoms with Crippen LogP contribution in [0.15, 0.2) is 85.1 Å². The van der Waals surface area contributed by atoms with Gasteiger partial charge in [-0.15, -0.1) is 10.2 Å². The number of carbonyl (C=O) groups excluding carboxylic acids is 1. The summed E-state index contributed by atoms with van der Waals surface area (Å²) in [5.41, 5.74) is 5.58. The first-order valence-corrected chi connectivity index (χ1v) is 17.1. The highest BCUT2D eigenvalue weighted by Gasteiger charge is 2.28. The SMILES string of the molecule is CC(C)(C)OC(=O)N1CCN(c2cc(-c3ccccc3)c(-c3ccc(CN4CCC(c5n[nH]c(-c6ccccn6)n5)CC4)cc3)nn2)CC1. The first-order valence-electron chi connectivity index (χ1n) is 17.1. The summed E-state index contributed by atoms with van der Waals surface area (Å²) in [7, 11) is 0. The molecule has 49 heavy (non-hydrogen) atoms. The number of aromatic amines is 1. The Hall–Kier alpha value is -5.16. The van der Waals surface area contributed by atoms with Gasteiger partial charge in [0.05, 0.1) is 0 Å². The molecule has 1 N–H and O–H groups in total. The monoisotopic (exact) mass is 657 g/mol. The summed E-state index contributed by atoms with van der Waals surface area (Å²) < 4.78 is 5.58. The van der Waals surface area contributed by atoms with Gasteiger partial charge in [-0.3, -0.25) is 15.0 Å². The lowest BCUT2D eigenvalue weighted by Crippen LogP contribution is -2.50. The smallest absolute Gasteiger partial charge is 0.410 e. The Labute approximate surface area is 287 Å². The number of anilines is 1. The fourth-order valence-corrected chi connectivity index (χ4v) is 6.48. The van der Waals surface area contributed by atoms with Crippen LogP contribution in [0.5, 0.6) is 0 Å². The van der Waals surface area contributed by atoms with Crippen LogP contribution in [0.25, 0.3) is 33.9 Å². The molecule has 0 radical (unpaired) electrons. The molecule has 3 aromatic heterocycles.